The van der Waals surface area contributed by atoms with Gasteiger partial charge in [-0.1, -0.05) is 0 Å². The van der Waals surface area contributed by atoms with Crippen LogP contribution in [0.15, 0.2) is 29.6 Å². The van der Waals surface area contributed by atoms with Crippen LogP contribution in [-0.4, -0.2) is 52.4 Å². The van der Waals surface area contributed by atoms with Crippen LogP contribution in [0.1, 0.15) is 36.0 Å². The van der Waals surface area contributed by atoms with Gasteiger partial charge in [0.1, 0.15) is 5.71 Å². The quantitative estimate of drug-likeness (QED) is 0.819. The fourth-order valence-electron chi connectivity index (χ4n) is 2.81. The van der Waals surface area contributed by atoms with Crippen LogP contribution in [0.5, 0.6) is 0 Å². The molecule has 0 spiro atoms. The Balaban J connectivity index is 1.49. The number of pyridine rings is 1. The topological polar surface area (TPSA) is 104 Å². The number of carbonyl (C=O) groups is 3. The molecule has 1 aromatic heterocycles. The summed E-state index contributed by atoms with van der Waals surface area (Å²) in [6.07, 6.45) is 5.22. The van der Waals surface area contributed by atoms with Gasteiger partial charge in [-0.15, -0.1) is 0 Å². The van der Waals surface area contributed by atoms with Crippen LogP contribution in [-0.2, 0) is 9.59 Å². The summed E-state index contributed by atoms with van der Waals surface area (Å²) in [7, 11) is 0. The van der Waals surface area contributed by atoms with Gasteiger partial charge in [0, 0.05) is 44.4 Å². The molecule has 8 nitrogen and oxygen atoms in total. The first kappa shape index (κ1) is 16.1. The number of nitrogens with one attached hydrogen (secondary N) is 2. The number of hydrogen-bond donors (Lipinski definition) is 2. The predicted molar refractivity (Wildman–Crippen MR) is 86.1 cm³/mol. The lowest BCUT2D eigenvalue weighted by molar-refractivity contribution is -0.121. The molecule has 8 heteroatoms. The van der Waals surface area contributed by atoms with Crippen molar-refractivity contribution >= 4 is 23.4 Å². The highest BCUT2D eigenvalue weighted by atomic mass is 16.2. The van der Waals surface area contributed by atoms with Crippen LogP contribution in [0.25, 0.3) is 0 Å². The molecule has 3 amide bonds. The number of carbonyl (C=O) groups excluding carboxylic acids is 3. The standard InChI is InChI=1S/C16H19N5O3/c22-14-4-3-13(19-20-14)15(23)18-12-5-8-21(9-6-12)16(24)11-2-1-7-17-10-11/h1-2,7,10,12H,3-6,8-9H2,(H,18,23)(H,20,22). The summed E-state index contributed by atoms with van der Waals surface area (Å²) < 4.78 is 0. The summed E-state index contributed by atoms with van der Waals surface area (Å²) in [5.41, 5.74) is 3.25. The van der Waals surface area contributed by atoms with Crippen molar-refractivity contribution < 1.29 is 14.4 Å². The molecule has 0 saturated carbocycles. The maximum absolute atomic E-state index is 12.3. The van der Waals surface area contributed by atoms with Crippen molar-refractivity contribution in [2.45, 2.75) is 31.7 Å². The van der Waals surface area contributed by atoms with Gasteiger partial charge >= 0.3 is 0 Å². The number of nitrogens with zero attached hydrogens (tertiary/aromatic N) is 3. The molecule has 0 aliphatic carbocycles. The van der Waals surface area contributed by atoms with E-state index in [1.54, 1.807) is 29.4 Å². The minimum absolute atomic E-state index is 0.00998. The summed E-state index contributed by atoms with van der Waals surface area (Å²) in [6.45, 7) is 1.17. The average molecular weight is 329 g/mol. The van der Waals surface area contributed by atoms with Gasteiger partial charge in [-0.3, -0.25) is 19.4 Å². The lowest BCUT2D eigenvalue weighted by atomic mass is 10.0. The average Bonchev–Trinajstić information content (AvgIpc) is 2.63. The van der Waals surface area contributed by atoms with Crippen LogP contribution >= 0.6 is 0 Å². The van der Waals surface area contributed by atoms with E-state index in [1.165, 1.54) is 0 Å². The summed E-state index contributed by atoms with van der Waals surface area (Å²) in [6, 6.07) is 3.50. The van der Waals surface area contributed by atoms with E-state index in [9.17, 15) is 14.4 Å². The predicted octanol–water partition coefficient (Wildman–Crippen LogP) is 0.0684. The number of hydrogen-bond acceptors (Lipinski definition) is 5. The Labute approximate surface area is 139 Å². The highest BCUT2D eigenvalue weighted by Gasteiger charge is 2.26. The van der Waals surface area contributed by atoms with Crippen LogP contribution in [0.2, 0.25) is 0 Å². The highest BCUT2D eigenvalue weighted by Crippen LogP contribution is 2.14. The maximum Gasteiger partial charge on any atom is 0.267 e. The molecule has 126 valence electrons. The van der Waals surface area contributed by atoms with Gasteiger partial charge in [-0.25, -0.2) is 5.43 Å². The van der Waals surface area contributed by atoms with E-state index < -0.39 is 0 Å². The third-order valence-corrected chi connectivity index (χ3v) is 4.19. The molecule has 0 radical (unpaired) electrons. The fraction of sp³-hybridized carbons (Fsp3) is 0.438. The SMILES string of the molecule is O=C1CCC(C(=O)NC2CCN(C(=O)c3cccnc3)CC2)=NN1. The second-order valence-electron chi connectivity index (χ2n) is 5.88. The van der Waals surface area contributed by atoms with Gasteiger partial charge in [-0.2, -0.15) is 5.10 Å². The number of piperidine rings is 1. The van der Waals surface area contributed by atoms with E-state index in [1.807, 2.05) is 0 Å². The first-order chi connectivity index (χ1) is 11.6. The molecule has 24 heavy (non-hydrogen) atoms. The molecule has 0 bridgehead atoms. The van der Waals surface area contributed by atoms with Crippen molar-refractivity contribution in [2.24, 2.45) is 5.10 Å². The molecule has 0 unspecified atom stereocenters. The van der Waals surface area contributed by atoms with E-state index in [0.717, 1.165) is 0 Å². The summed E-state index contributed by atoms with van der Waals surface area (Å²) in [5, 5.41) is 6.72. The Hall–Kier alpha value is -2.77. The van der Waals surface area contributed by atoms with Crippen molar-refractivity contribution in [1.29, 1.82) is 0 Å². The zero-order chi connectivity index (χ0) is 16.9. The molecule has 1 aromatic rings. The van der Waals surface area contributed by atoms with Crippen LogP contribution < -0.4 is 10.7 Å². The first-order valence-electron chi connectivity index (χ1n) is 7.99. The third-order valence-electron chi connectivity index (χ3n) is 4.19. The molecule has 2 N–H and O–H groups in total. The molecule has 1 fully saturated rings. The van der Waals surface area contributed by atoms with E-state index in [0.29, 0.717) is 43.6 Å². The number of amides is 3. The zero-order valence-corrected chi connectivity index (χ0v) is 13.2. The van der Waals surface area contributed by atoms with Gasteiger partial charge in [0.25, 0.3) is 11.8 Å². The monoisotopic (exact) mass is 329 g/mol. The van der Waals surface area contributed by atoms with Gasteiger partial charge in [0.2, 0.25) is 5.91 Å². The van der Waals surface area contributed by atoms with Gasteiger partial charge in [0.15, 0.2) is 0 Å². The van der Waals surface area contributed by atoms with Crippen molar-refractivity contribution in [3.63, 3.8) is 0 Å². The molecule has 3 heterocycles. The number of likely N-dealkylation sites (tertiary alicyclic amines) is 1. The summed E-state index contributed by atoms with van der Waals surface area (Å²) in [4.78, 5) is 41.3. The Morgan fingerprint density at radius 3 is 2.67 bits per heavy atom. The Kier molecular flexibility index (Phi) is 4.83. The Bertz CT molecular complexity index is 666. The second kappa shape index (κ2) is 7.20. The molecular weight excluding hydrogens is 310 g/mol. The van der Waals surface area contributed by atoms with Gasteiger partial charge in [0.05, 0.1) is 5.56 Å². The van der Waals surface area contributed by atoms with Crippen molar-refractivity contribution in [2.75, 3.05) is 13.1 Å². The summed E-state index contributed by atoms with van der Waals surface area (Å²) >= 11 is 0. The molecular formula is C16H19N5O3. The third kappa shape index (κ3) is 3.76. The van der Waals surface area contributed by atoms with E-state index >= 15 is 0 Å². The number of hydrazone groups is 1. The minimum atomic E-state index is -0.243. The zero-order valence-electron chi connectivity index (χ0n) is 13.2. The van der Waals surface area contributed by atoms with Gasteiger partial charge < -0.3 is 10.2 Å². The van der Waals surface area contributed by atoms with Crippen molar-refractivity contribution in [1.82, 2.24) is 20.6 Å². The molecule has 3 rings (SSSR count). The molecule has 2 aliphatic rings. The molecule has 0 atom stereocenters. The van der Waals surface area contributed by atoms with Crippen LogP contribution in [0, 0.1) is 0 Å². The first-order valence-corrected chi connectivity index (χ1v) is 7.99. The normalized spacial score (nSPS) is 18.6. The lowest BCUT2D eigenvalue weighted by Crippen LogP contribution is -2.48. The fourth-order valence-corrected chi connectivity index (χ4v) is 2.81. The smallest absolute Gasteiger partial charge is 0.267 e. The summed E-state index contributed by atoms with van der Waals surface area (Å²) in [5.74, 6) is -0.451. The minimum Gasteiger partial charge on any atom is -0.348 e. The van der Waals surface area contributed by atoms with E-state index in [2.05, 4.69) is 20.8 Å². The number of aromatic nitrogens is 1. The molecule has 0 aromatic carbocycles. The van der Waals surface area contributed by atoms with Crippen LogP contribution in [0.4, 0.5) is 0 Å². The van der Waals surface area contributed by atoms with Gasteiger partial charge in [-0.05, 0) is 25.0 Å². The Morgan fingerprint density at radius 2 is 2.04 bits per heavy atom. The Morgan fingerprint density at radius 1 is 1.25 bits per heavy atom. The van der Waals surface area contributed by atoms with E-state index in [-0.39, 0.29) is 30.2 Å². The molecule has 1 saturated heterocycles. The van der Waals surface area contributed by atoms with Crippen LogP contribution in [0.3, 0.4) is 0 Å². The van der Waals surface area contributed by atoms with Crippen molar-refractivity contribution in [3.05, 3.63) is 30.1 Å². The second-order valence-corrected chi connectivity index (χ2v) is 5.88. The highest BCUT2D eigenvalue weighted by molar-refractivity contribution is 6.39. The lowest BCUT2D eigenvalue weighted by Gasteiger charge is -2.32. The molecule has 2 aliphatic heterocycles. The largest absolute Gasteiger partial charge is 0.348 e. The van der Waals surface area contributed by atoms with Crippen molar-refractivity contribution in [3.8, 4) is 0 Å². The van der Waals surface area contributed by atoms with E-state index in [4.69, 9.17) is 0 Å². The maximum atomic E-state index is 12.3. The number of rotatable bonds is 3.